The minimum Gasteiger partial charge on any atom is -0.388 e. The van der Waals surface area contributed by atoms with E-state index >= 15 is 0 Å². The molecule has 96 valence electrons. The zero-order valence-corrected chi connectivity index (χ0v) is 9.45. The average molecular weight is 324 g/mol. The summed E-state index contributed by atoms with van der Waals surface area (Å²) in [5.41, 5.74) is -1.70. The highest BCUT2D eigenvalue weighted by atomic mass is 79.9. The molecule has 0 spiro atoms. The van der Waals surface area contributed by atoms with Crippen molar-refractivity contribution in [3.63, 3.8) is 0 Å². The van der Waals surface area contributed by atoms with E-state index in [1.807, 2.05) is 0 Å². The van der Waals surface area contributed by atoms with Crippen molar-refractivity contribution in [3.05, 3.63) is 23.1 Å². The van der Waals surface area contributed by atoms with Crippen molar-refractivity contribution in [2.45, 2.75) is 18.1 Å². The van der Waals surface area contributed by atoms with E-state index in [4.69, 9.17) is 0 Å². The third kappa shape index (κ3) is 3.76. The van der Waals surface area contributed by atoms with Crippen molar-refractivity contribution in [1.82, 2.24) is 4.98 Å². The predicted octanol–water partition coefficient (Wildman–Crippen LogP) is 3.95. The van der Waals surface area contributed by atoms with E-state index in [2.05, 4.69) is 25.7 Å². The summed E-state index contributed by atoms with van der Waals surface area (Å²) < 4.78 is 76.7. The van der Waals surface area contributed by atoms with Crippen molar-refractivity contribution in [3.8, 4) is 5.88 Å². The lowest BCUT2D eigenvalue weighted by Gasteiger charge is -2.12. The lowest BCUT2D eigenvalue weighted by molar-refractivity contribution is -0.276. The summed E-state index contributed by atoms with van der Waals surface area (Å²) in [5, 5.41) is -0.216. The van der Waals surface area contributed by atoms with Gasteiger partial charge in [0, 0.05) is 10.9 Å². The minimum absolute atomic E-state index is 0.216. The van der Waals surface area contributed by atoms with Gasteiger partial charge in [-0.25, -0.2) is 18.2 Å². The molecule has 0 saturated carbocycles. The van der Waals surface area contributed by atoms with Crippen molar-refractivity contribution in [1.29, 1.82) is 0 Å². The molecular weight excluding hydrogens is 320 g/mol. The molecule has 1 rings (SSSR count). The van der Waals surface area contributed by atoms with Crippen LogP contribution in [0.4, 0.5) is 26.3 Å². The summed E-state index contributed by atoms with van der Waals surface area (Å²) in [6, 6.07) is 0.518. The molecule has 1 aromatic rings. The second-order valence-electron chi connectivity index (χ2n) is 2.80. The van der Waals surface area contributed by atoms with Gasteiger partial charge in [0.2, 0.25) is 5.88 Å². The van der Waals surface area contributed by atoms with Gasteiger partial charge in [-0.1, -0.05) is 15.9 Å². The molecule has 0 unspecified atom stereocenters. The molecule has 0 aromatic carbocycles. The summed E-state index contributed by atoms with van der Waals surface area (Å²) in [6.45, 7) is 0. The maximum atomic E-state index is 13.0. The molecule has 0 radical (unpaired) electrons. The van der Waals surface area contributed by atoms with Crippen LogP contribution in [-0.4, -0.2) is 11.3 Å². The number of aromatic nitrogens is 1. The Morgan fingerprint density at radius 1 is 1.35 bits per heavy atom. The first-order valence-corrected chi connectivity index (χ1v) is 5.16. The molecule has 1 heterocycles. The lowest BCUT2D eigenvalue weighted by atomic mass is 10.2. The molecule has 0 aliphatic rings. The Kier molecular flexibility index (Phi) is 4.23. The van der Waals surface area contributed by atoms with Crippen LogP contribution in [-0.2, 0) is 5.33 Å². The van der Waals surface area contributed by atoms with E-state index in [9.17, 15) is 26.3 Å². The standard InChI is InChI=1S/C8H4BrF6NO/c9-2-3-1-4(10)5(6(11)12)16-7(3)17-8(13,14)15/h1,6H,2H2. The van der Waals surface area contributed by atoms with Gasteiger partial charge >= 0.3 is 6.36 Å². The fraction of sp³-hybridized carbons (Fsp3) is 0.375. The van der Waals surface area contributed by atoms with Gasteiger partial charge in [-0.15, -0.1) is 13.2 Å². The number of rotatable bonds is 3. The number of halogens is 7. The average Bonchev–Trinajstić information content (AvgIpc) is 2.17. The van der Waals surface area contributed by atoms with E-state index in [-0.39, 0.29) is 10.9 Å². The van der Waals surface area contributed by atoms with Crippen molar-refractivity contribution < 1.29 is 31.1 Å². The number of pyridine rings is 1. The Labute approximate surface area is 99.7 Å². The minimum atomic E-state index is -5.08. The summed E-state index contributed by atoms with van der Waals surface area (Å²) in [7, 11) is 0. The SMILES string of the molecule is Fc1cc(CBr)c(OC(F)(F)F)nc1C(F)F. The van der Waals surface area contributed by atoms with Crippen LogP contribution in [0, 0.1) is 5.82 Å². The van der Waals surface area contributed by atoms with Crippen LogP contribution in [0.5, 0.6) is 5.88 Å². The summed E-state index contributed by atoms with van der Waals surface area (Å²) >= 11 is 2.77. The Bertz CT molecular complexity index is 408. The number of hydrogen-bond donors (Lipinski definition) is 0. The number of alkyl halides is 6. The van der Waals surface area contributed by atoms with Gasteiger partial charge in [0.05, 0.1) is 0 Å². The number of nitrogens with zero attached hydrogens (tertiary/aromatic N) is 1. The molecule has 0 aliphatic heterocycles. The highest BCUT2D eigenvalue weighted by Crippen LogP contribution is 2.30. The summed E-state index contributed by atoms with van der Waals surface area (Å²) in [5.74, 6) is -2.48. The lowest BCUT2D eigenvalue weighted by Crippen LogP contribution is -2.19. The first-order chi connectivity index (χ1) is 7.74. The van der Waals surface area contributed by atoms with E-state index in [1.54, 1.807) is 0 Å². The monoisotopic (exact) mass is 323 g/mol. The Balaban J connectivity index is 3.22. The van der Waals surface area contributed by atoms with Crippen LogP contribution in [0.3, 0.4) is 0 Å². The molecule has 0 N–H and O–H groups in total. The molecule has 1 aromatic heterocycles. The maximum absolute atomic E-state index is 13.0. The fourth-order valence-electron chi connectivity index (χ4n) is 0.970. The zero-order chi connectivity index (χ0) is 13.2. The van der Waals surface area contributed by atoms with Gasteiger partial charge in [0.25, 0.3) is 6.43 Å². The smallest absolute Gasteiger partial charge is 0.388 e. The van der Waals surface area contributed by atoms with Crippen LogP contribution in [0.2, 0.25) is 0 Å². The van der Waals surface area contributed by atoms with Crippen LogP contribution in [0.1, 0.15) is 17.7 Å². The van der Waals surface area contributed by atoms with Crippen LogP contribution in [0.25, 0.3) is 0 Å². The quantitative estimate of drug-likeness (QED) is 0.620. The number of hydrogen-bond acceptors (Lipinski definition) is 2. The van der Waals surface area contributed by atoms with Crippen LogP contribution in [0.15, 0.2) is 6.07 Å². The molecule has 0 saturated heterocycles. The highest BCUT2D eigenvalue weighted by molar-refractivity contribution is 9.08. The Hall–Kier alpha value is -0.990. The highest BCUT2D eigenvalue weighted by Gasteiger charge is 2.34. The Morgan fingerprint density at radius 2 is 1.94 bits per heavy atom. The second-order valence-corrected chi connectivity index (χ2v) is 3.36. The van der Waals surface area contributed by atoms with Crippen molar-refractivity contribution in [2.24, 2.45) is 0 Å². The van der Waals surface area contributed by atoms with Gasteiger partial charge in [-0.2, -0.15) is 0 Å². The normalized spacial score (nSPS) is 12.0. The molecule has 0 fully saturated rings. The molecule has 9 heteroatoms. The molecule has 17 heavy (non-hydrogen) atoms. The fourth-order valence-corrected chi connectivity index (χ4v) is 1.37. The molecule has 0 aliphatic carbocycles. The maximum Gasteiger partial charge on any atom is 0.574 e. The summed E-state index contributed by atoms with van der Waals surface area (Å²) in [6.07, 6.45) is -8.41. The molecule has 2 nitrogen and oxygen atoms in total. The van der Waals surface area contributed by atoms with Gasteiger partial charge in [-0.05, 0) is 6.07 Å². The third-order valence-electron chi connectivity index (χ3n) is 1.61. The third-order valence-corrected chi connectivity index (χ3v) is 2.21. The zero-order valence-electron chi connectivity index (χ0n) is 7.86. The molecule has 0 bridgehead atoms. The van der Waals surface area contributed by atoms with E-state index < -0.39 is 30.2 Å². The summed E-state index contributed by atoms with van der Waals surface area (Å²) in [4.78, 5) is 2.83. The van der Waals surface area contributed by atoms with Gasteiger partial charge < -0.3 is 4.74 Å². The largest absolute Gasteiger partial charge is 0.574 e. The molecule has 0 atom stereocenters. The molecule has 0 amide bonds. The van der Waals surface area contributed by atoms with Crippen LogP contribution >= 0.6 is 15.9 Å². The molecular formula is C8H4BrF6NO. The van der Waals surface area contributed by atoms with Crippen molar-refractivity contribution >= 4 is 15.9 Å². The second kappa shape index (κ2) is 5.11. The van der Waals surface area contributed by atoms with E-state index in [0.29, 0.717) is 6.07 Å². The first-order valence-electron chi connectivity index (χ1n) is 4.03. The van der Waals surface area contributed by atoms with E-state index in [1.165, 1.54) is 0 Å². The number of ether oxygens (including phenoxy) is 1. The first kappa shape index (κ1) is 14.1. The van der Waals surface area contributed by atoms with Crippen LogP contribution < -0.4 is 4.74 Å². The van der Waals surface area contributed by atoms with Gasteiger partial charge in [-0.3, -0.25) is 0 Å². The Morgan fingerprint density at radius 3 is 2.35 bits per heavy atom. The predicted molar refractivity (Wildman–Crippen MR) is 48.5 cm³/mol. The van der Waals surface area contributed by atoms with Crippen molar-refractivity contribution in [2.75, 3.05) is 0 Å². The van der Waals surface area contributed by atoms with Gasteiger partial charge in [0.1, 0.15) is 5.69 Å². The topological polar surface area (TPSA) is 22.1 Å². The van der Waals surface area contributed by atoms with E-state index in [0.717, 1.165) is 0 Å². The van der Waals surface area contributed by atoms with Gasteiger partial charge in [0.15, 0.2) is 5.82 Å².